The summed E-state index contributed by atoms with van der Waals surface area (Å²) in [5.74, 6) is 0.700. The number of azide groups is 1. The fourth-order valence-electron chi connectivity index (χ4n) is 2.47. The third-order valence-electron chi connectivity index (χ3n) is 3.51. The van der Waals surface area contributed by atoms with E-state index in [4.69, 9.17) is 15.5 Å². The molecule has 108 valence electrons. The maximum Gasteiger partial charge on any atom is 0.106 e. The maximum atomic E-state index is 10.3. The van der Waals surface area contributed by atoms with Crippen LogP contribution in [-0.2, 0) is 4.74 Å². The molecule has 6 nitrogen and oxygen atoms in total. The minimum atomic E-state index is -0.767. The molecule has 0 spiro atoms. The highest BCUT2D eigenvalue weighted by atomic mass is 32.2. The number of thioether (sulfide) groups is 2. The quantitative estimate of drug-likeness (QED) is 0.524. The van der Waals surface area contributed by atoms with Gasteiger partial charge in [0.1, 0.15) is 6.10 Å². The number of hydrogen-bond donors (Lipinski definition) is 1. The standard InChI is InChI=1S/C13H12N4O2S2/c14-5-7-1-3-8(4-2-7)21-13-12-11(18)10(16-17-15)9(19-12)6-20-13/h1-4,9-13,18H,6H2/t9-,10-,11+,12-,13-/m1/s1. The average molecular weight is 320 g/mol. The summed E-state index contributed by atoms with van der Waals surface area (Å²) in [5.41, 5.74) is 9.19. The Morgan fingerprint density at radius 3 is 2.90 bits per heavy atom. The maximum absolute atomic E-state index is 10.3. The van der Waals surface area contributed by atoms with Crippen molar-refractivity contribution in [3.05, 3.63) is 40.3 Å². The van der Waals surface area contributed by atoms with Gasteiger partial charge in [-0.15, -0.1) is 23.5 Å². The summed E-state index contributed by atoms with van der Waals surface area (Å²) in [6, 6.07) is 8.91. The fraction of sp³-hybridized carbons (Fsp3) is 0.462. The van der Waals surface area contributed by atoms with Gasteiger partial charge in [0.15, 0.2) is 0 Å². The van der Waals surface area contributed by atoms with Crippen LogP contribution in [0.5, 0.6) is 0 Å². The molecule has 1 N–H and O–H groups in total. The number of aliphatic hydroxyl groups is 1. The molecule has 0 unspecified atom stereocenters. The molecule has 3 rings (SSSR count). The molecule has 0 aromatic heterocycles. The molecule has 2 fully saturated rings. The van der Waals surface area contributed by atoms with Crippen molar-refractivity contribution in [2.75, 3.05) is 5.75 Å². The van der Waals surface area contributed by atoms with Gasteiger partial charge >= 0.3 is 0 Å². The topological polar surface area (TPSA) is 102 Å². The Labute approximate surface area is 130 Å². The molecule has 2 aliphatic rings. The summed E-state index contributed by atoms with van der Waals surface area (Å²) in [6.07, 6.45) is -1.31. The third kappa shape index (κ3) is 2.84. The smallest absolute Gasteiger partial charge is 0.106 e. The lowest BCUT2D eigenvalue weighted by Crippen LogP contribution is -2.34. The van der Waals surface area contributed by atoms with E-state index in [0.29, 0.717) is 11.3 Å². The Morgan fingerprint density at radius 1 is 1.48 bits per heavy atom. The van der Waals surface area contributed by atoms with Crippen LogP contribution < -0.4 is 0 Å². The first-order chi connectivity index (χ1) is 10.2. The van der Waals surface area contributed by atoms with Gasteiger partial charge in [0, 0.05) is 15.6 Å². The van der Waals surface area contributed by atoms with Crippen molar-refractivity contribution in [1.82, 2.24) is 0 Å². The molecule has 2 saturated heterocycles. The summed E-state index contributed by atoms with van der Waals surface area (Å²) in [4.78, 5) is 3.82. The van der Waals surface area contributed by atoms with E-state index in [9.17, 15) is 5.11 Å². The highest BCUT2D eigenvalue weighted by Gasteiger charge is 2.50. The van der Waals surface area contributed by atoms with Crippen LogP contribution in [0.25, 0.3) is 10.4 Å². The second-order valence-electron chi connectivity index (χ2n) is 4.78. The van der Waals surface area contributed by atoms with Crippen LogP contribution in [0, 0.1) is 11.3 Å². The second-order valence-corrected chi connectivity index (χ2v) is 7.47. The van der Waals surface area contributed by atoms with Crippen molar-refractivity contribution < 1.29 is 9.84 Å². The molecule has 0 aliphatic carbocycles. The zero-order chi connectivity index (χ0) is 14.8. The van der Waals surface area contributed by atoms with Crippen LogP contribution in [-0.4, -0.2) is 39.8 Å². The van der Waals surface area contributed by atoms with Crippen LogP contribution >= 0.6 is 23.5 Å². The molecule has 5 atom stereocenters. The van der Waals surface area contributed by atoms with Gasteiger partial charge in [0.05, 0.1) is 34.5 Å². The normalized spacial score (nSPS) is 34.0. The van der Waals surface area contributed by atoms with Crippen molar-refractivity contribution in [3.8, 4) is 6.07 Å². The summed E-state index contributed by atoms with van der Waals surface area (Å²) in [7, 11) is 0. The minimum absolute atomic E-state index is 0.0445. The molecule has 1 aromatic carbocycles. The summed E-state index contributed by atoms with van der Waals surface area (Å²) >= 11 is 3.31. The summed E-state index contributed by atoms with van der Waals surface area (Å²) < 4.78 is 5.84. The number of ether oxygens (including phenoxy) is 1. The highest BCUT2D eigenvalue weighted by Crippen LogP contribution is 2.45. The summed E-state index contributed by atoms with van der Waals surface area (Å²) in [5, 5.41) is 22.7. The molecule has 8 heteroatoms. The van der Waals surface area contributed by atoms with E-state index < -0.39 is 12.1 Å². The van der Waals surface area contributed by atoms with Crippen LogP contribution in [0.4, 0.5) is 0 Å². The molecule has 2 heterocycles. The molecule has 0 radical (unpaired) electrons. The Bertz CT molecular complexity index is 612. The average Bonchev–Trinajstić information content (AvgIpc) is 2.77. The first-order valence-electron chi connectivity index (χ1n) is 6.39. The molecular formula is C13H12N4O2S2. The molecular weight excluding hydrogens is 308 g/mol. The Kier molecular flexibility index (Phi) is 4.29. The fourth-order valence-corrected chi connectivity index (χ4v) is 5.30. The largest absolute Gasteiger partial charge is 0.390 e. The predicted octanol–water partition coefficient (Wildman–Crippen LogP) is 2.53. The van der Waals surface area contributed by atoms with Gasteiger partial charge in [-0.05, 0) is 29.8 Å². The van der Waals surface area contributed by atoms with E-state index in [1.54, 1.807) is 35.7 Å². The lowest BCUT2D eigenvalue weighted by atomic mass is 10.1. The zero-order valence-electron chi connectivity index (χ0n) is 10.9. The number of nitrogens with zero attached hydrogens (tertiary/aromatic N) is 4. The highest BCUT2D eigenvalue weighted by molar-refractivity contribution is 8.17. The number of nitriles is 1. The van der Waals surface area contributed by atoms with Gasteiger partial charge in [-0.3, -0.25) is 0 Å². The van der Waals surface area contributed by atoms with E-state index in [0.717, 1.165) is 4.90 Å². The molecule has 0 saturated carbocycles. The zero-order valence-corrected chi connectivity index (χ0v) is 12.5. The van der Waals surface area contributed by atoms with Gasteiger partial charge in [-0.1, -0.05) is 5.11 Å². The van der Waals surface area contributed by atoms with Crippen molar-refractivity contribution in [2.24, 2.45) is 5.11 Å². The van der Waals surface area contributed by atoms with Gasteiger partial charge in [0.25, 0.3) is 0 Å². The SMILES string of the molecule is N#Cc1ccc(S[C@H]2SC[C@H]3O[C@@H]2[C@@H](O)[C@@H]3N=[N+]=[N-])cc1. The van der Waals surface area contributed by atoms with Gasteiger partial charge < -0.3 is 9.84 Å². The minimum Gasteiger partial charge on any atom is -0.390 e. The molecule has 0 amide bonds. The van der Waals surface area contributed by atoms with E-state index in [2.05, 4.69) is 16.1 Å². The second kappa shape index (κ2) is 6.18. The molecule has 2 aliphatic heterocycles. The third-order valence-corrected chi connectivity index (χ3v) is 6.37. The van der Waals surface area contributed by atoms with E-state index >= 15 is 0 Å². The lowest BCUT2D eigenvalue weighted by Gasteiger charge is -2.29. The molecule has 2 bridgehead atoms. The first kappa shape index (κ1) is 14.6. The number of benzene rings is 1. The number of hydrogen-bond acceptors (Lipinski definition) is 6. The van der Waals surface area contributed by atoms with Crippen molar-refractivity contribution >= 4 is 23.5 Å². The van der Waals surface area contributed by atoms with Crippen LogP contribution in [0.3, 0.4) is 0 Å². The monoisotopic (exact) mass is 320 g/mol. The number of rotatable bonds is 3. The predicted molar refractivity (Wildman–Crippen MR) is 80.9 cm³/mol. The van der Waals surface area contributed by atoms with E-state index in [-0.39, 0.29) is 16.8 Å². The first-order valence-corrected chi connectivity index (χ1v) is 8.32. The van der Waals surface area contributed by atoms with Crippen LogP contribution in [0.1, 0.15) is 5.56 Å². The number of aliphatic hydroxyl groups excluding tert-OH is 1. The van der Waals surface area contributed by atoms with Crippen LogP contribution in [0.2, 0.25) is 0 Å². The van der Waals surface area contributed by atoms with Crippen molar-refractivity contribution in [3.63, 3.8) is 0 Å². The van der Waals surface area contributed by atoms with Gasteiger partial charge in [0.2, 0.25) is 0 Å². The molecule has 21 heavy (non-hydrogen) atoms. The van der Waals surface area contributed by atoms with Crippen LogP contribution in [0.15, 0.2) is 34.3 Å². The Morgan fingerprint density at radius 2 is 2.24 bits per heavy atom. The van der Waals surface area contributed by atoms with Crippen molar-refractivity contribution in [2.45, 2.75) is 33.8 Å². The van der Waals surface area contributed by atoms with Crippen molar-refractivity contribution in [1.29, 1.82) is 5.26 Å². The lowest BCUT2D eigenvalue weighted by molar-refractivity contribution is 0.0234. The summed E-state index contributed by atoms with van der Waals surface area (Å²) in [6.45, 7) is 0. The van der Waals surface area contributed by atoms with Gasteiger partial charge in [-0.2, -0.15) is 5.26 Å². The van der Waals surface area contributed by atoms with E-state index in [1.165, 1.54) is 0 Å². The van der Waals surface area contributed by atoms with Gasteiger partial charge in [-0.25, -0.2) is 0 Å². The Hall–Kier alpha value is -1.36. The molecule has 1 aromatic rings. The Balaban J connectivity index is 1.72. The van der Waals surface area contributed by atoms with E-state index in [1.807, 2.05) is 12.1 Å². The number of fused-ring (bicyclic) bond motifs is 2.